The minimum absolute atomic E-state index is 0.0766. The van der Waals surface area contributed by atoms with E-state index >= 15 is 0 Å². The highest BCUT2D eigenvalue weighted by Crippen LogP contribution is 2.23. The fraction of sp³-hybridized carbons (Fsp3) is 0.250. The van der Waals surface area contributed by atoms with Crippen LogP contribution in [0.1, 0.15) is 17.0 Å². The molecule has 0 unspecified atom stereocenters. The van der Waals surface area contributed by atoms with Gasteiger partial charge in [0.15, 0.2) is 5.82 Å². The van der Waals surface area contributed by atoms with Gasteiger partial charge in [0.05, 0.1) is 6.42 Å². The number of anilines is 1. The Kier molecular flexibility index (Phi) is 4.75. The first-order valence-electron chi connectivity index (χ1n) is 8.78. The Labute approximate surface area is 151 Å². The summed E-state index contributed by atoms with van der Waals surface area (Å²) >= 11 is 0. The molecule has 0 bridgehead atoms. The molecule has 6 nitrogen and oxygen atoms in total. The van der Waals surface area contributed by atoms with E-state index < -0.39 is 0 Å². The Hall–Kier alpha value is -2.99. The van der Waals surface area contributed by atoms with E-state index in [4.69, 9.17) is 4.52 Å². The van der Waals surface area contributed by atoms with Gasteiger partial charge in [0.25, 0.3) is 5.89 Å². The second-order valence-corrected chi connectivity index (χ2v) is 6.34. The van der Waals surface area contributed by atoms with E-state index in [1.165, 1.54) is 11.1 Å². The maximum atomic E-state index is 12.1. The molecular formula is C20H20N4O2. The van der Waals surface area contributed by atoms with Crippen LogP contribution >= 0.6 is 0 Å². The van der Waals surface area contributed by atoms with Gasteiger partial charge in [0.1, 0.15) is 0 Å². The van der Waals surface area contributed by atoms with Gasteiger partial charge in [-0.15, -0.1) is 0 Å². The van der Waals surface area contributed by atoms with E-state index in [0.717, 1.165) is 37.2 Å². The highest BCUT2D eigenvalue weighted by Gasteiger charge is 2.15. The number of nitrogens with zero attached hydrogens (tertiary/aromatic N) is 2. The number of carbonyl (C=O) groups excluding carboxylic acids is 1. The first-order valence-corrected chi connectivity index (χ1v) is 8.78. The van der Waals surface area contributed by atoms with Crippen LogP contribution in [0.25, 0.3) is 11.5 Å². The molecule has 0 saturated heterocycles. The van der Waals surface area contributed by atoms with Gasteiger partial charge in [0, 0.05) is 11.3 Å². The van der Waals surface area contributed by atoms with Crippen molar-refractivity contribution in [2.75, 3.05) is 18.4 Å². The Morgan fingerprint density at radius 1 is 1.08 bits per heavy atom. The molecule has 26 heavy (non-hydrogen) atoms. The molecule has 0 spiro atoms. The smallest absolute Gasteiger partial charge is 0.257 e. The van der Waals surface area contributed by atoms with E-state index in [-0.39, 0.29) is 12.3 Å². The number of amides is 1. The maximum absolute atomic E-state index is 12.1. The monoisotopic (exact) mass is 348 g/mol. The third-order valence-electron chi connectivity index (χ3n) is 4.44. The Morgan fingerprint density at radius 3 is 2.73 bits per heavy atom. The first kappa shape index (κ1) is 16.5. The number of nitrogens with one attached hydrogen (secondary N) is 2. The third-order valence-corrected chi connectivity index (χ3v) is 4.44. The zero-order valence-electron chi connectivity index (χ0n) is 14.4. The number of aromatic nitrogens is 2. The summed E-state index contributed by atoms with van der Waals surface area (Å²) in [5.74, 6) is 0.661. The molecular weight excluding hydrogens is 328 g/mol. The van der Waals surface area contributed by atoms with Gasteiger partial charge in [-0.2, -0.15) is 4.98 Å². The highest BCUT2D eigenvalue weighted by molar-refractivity contribution is 5.91. The predicted molar refractivity (Wildman–Crippen MR) is 98.8 cm³/mol. The summed E-state index contributed by atoms with van der Waals surface area (Å²) in [7, 11) is 0. The fourth-order valence-corrected chi connectivity index (χ4v) is 3.12. The number of benzene rings is 2. The normalized spacial score (nSPS) is 13.7. The number of hydrogen-bond donors (Lipinski definition) is 2. The van der Waals surface area contributed by atoms with Crippen LogP contribution in [0.4, 0.5) is 5.69 Å². The molecule has 4 rings (SSSR count). The molecule has 0 radical (unpaired) electrons. The SMILES string of the molecule is O=C(Cc1noc(-c2ccc3c(c2)CCNCC3)n1)Nc1ccccc1. The Balaban J connectivity index is 1.46. The molecule has 6 heteroatoms. The standard InChI is InChI=1S/C20H20N4O2/c25-19(22-17-4-2-1-3-5-17)13-18-23-20(26-24-18)16-7-6-14-8-10-21-11-9-15(14)12-16/h1-7,12,21H,8-11,13H2,(H,22,25). The molecule has 0 saturated carbocycles. The quantitative estimate of drug-likeness (QED) is 0.758. The summed E-state index contributed by atoms with van der Waals surface area (Å²) in [5.41, 5.74) is 4.32. The van der Waals surface area contributed by atoms with Gasteiger partial charge in [-0.05, 0) is 61.3 Å². The van der Waals surface area contributed by atoms with Crippen molar-refractivity contribution in [1.82, 2.24) is 15.5 Å². The van der Waals surface area contributed by atoms with Crippen molar-refractivity contribution in [2.45, 2.75) is 19.3 Å². The lowest BCUT2D eigenvalue weighted by atomic mass is 10.00. The van der Waals surface area contributed by atoms with Crippen LogP contribution in [0.3, 0.4) is 0 Å². The Morgan fingerprint density at radius 2 is 1.88 bits per heavy atom. The molecule has 2 aromatic carbocycles. The Bertz CT molecular complexity index is 905. The molecule has 1 amide bonds. The number of para-hydroxylation sites is 1. The molecule has 1 aliphatic heterocycles. The maximum Gasteiger partial charge on any atom is 0.257 e. The molecule has 1 aromatic heterocycles. The summed E-state index contributed by atoms with van der Waals surface area (Å²) in [6, 6.07) is 15.6. The lowest BCUT2D eigenvalue weighted by Gasteiger charge is -2.05. The van der Waals surface area contributed by atoms with Crippen LogP contribution in [-0.2, 0) is 24.1 Å². The molecule has 132 valence electrons. The van der Waals surface area contributed by atoms with E-state index in [1.807, 2.05) is 36.4 Å². The molecule has 0 aliphatic carbocycles. The first-order chi connectivity index (χ1) is 12.8. The van der Waals surface area contributed by atoms with Crippen molar-refractivity contribution in [3.8, 4) is 11.5 Å². The number of carbonyl (C=O) groups is 1. The van der Waals surface area contributed by atoms with Gasteiger partial charge in [-0.25, -0.2) is 0 Å². The average Bonchev–Trinajstić information content (AvgIpc) is 2.98. The van der Waals surface area contributed by atoms with Crippen molar-refractivity contribution in [1.29, 1.82) is 0 Å². The minimum atomic E-state index is -0.170. The number of fused-ring (bicyclic) bond motifs is 1. The van der Waals surface area contributed by atoms with Crippen LogP contribution in [0, 0.1) is 0 Å². The van der Waals surface area contributed by atoms with Gasteiger partial charge >= 0.3 is 0 Å². The van der Waals surface area contributed by atoms with Crippen molar-refractivity contribution in [2.24, 2.45) is 0 Å². The van der Waals surface area contributed by atoms with Gasteiger partial charge < -0.3 is 15.2 Å². The number of rotatable bonds is 4. The van der Waals surface area contributed by atoms with Crippen molar-refractivity contribution < 1.29 is 9.32 Å². The zero-order chi connectivity index (χ0) is 17.8. The lowest BCUT2D eigenvalue weighted by Crippen LogP contribution is -2.16. The second-order valence-electron chi connectivity index (χ2n) is 6.34. The molecule has 0 fully saturated rings. The van der Waals surface area contributed by atoms with Crippen molar-refractivity contribution in [3.63, 3.8) is 0 Å². The van der Waals surface area contributed by atoms with Crippen LogP contribution in [-0.4, -0.2) is 29.1 Å². The van der Waals surface area contributed by atoms with Gasteiger partial charge in [0.2, 0.25) is 5.91 Å². The average molecular weight is 348 g/mol. The molecule has 2 N–H and O–H groups in total. The van der Waals surface area contributed by atoms with Crippen LogP contribution in [0.2, 0.25) is 0 Å². The second kappa shape index (κ2) is 7.49. The molecule has 2 heterocycles. The highest BCUT2D eigenvalue weighted by atomic mass is 16.5. The van der Waals surface area contributed by atoms with Crippen LogP contribution in [0.5, 0.6) is 0 Å². The molecule has 1 aliphatic rings. The third kappa shape index (κ3) is 3.81. The van der Waals surface area contributed by atoms with Crippen molar-refractivity contribution in [3.05, 3.63) is 65.5 Å². The van der Waals surface area contributed by atoms with Gasteiger partial charge in [-0.3, -0.25) is 4.79 Å². The summed E-state index contributed by atoms with van der Waals surface area (Å²) in [6.07, 6.45) is 2.10. The van der Waals surface area contributed by atoms with E-state index in [9.17, 15) is 4.79 Å². The van der Waals surface area contributed by atoms with Gasteiger partial charge in [-0.1, -0.05) is 29.4 Å². The summed E-state index contributed by atoms with van der Waals surface area (Å²) in [4.78, 5) is 16.5. The van der Waals surface area contributed by atoms with E-state index in [1.54, 1.807) is 0 Å². The number of hydrogen-bond acceptors (Lipinski definition) is 5. The van der Waals surface area contributed by atoms with Crippen LogP contribution < -0.4 is 10.6 Å². The zero-order valence-corrected chi connectivity index (χ0v) is 14.4. The summed E-state index contributed by atoms with van der Waals surface area (Å²) in [6.45, 7) is 1.98. The van der Waals surface area contributed by atoms with Crippen LogP contribution in [0.15, 0.2) is 53.1 Å². The largest absolute Gasteiger partial charge is 0.334 e. The minimum Gasteiger partial charge on any atom is -0.334 e. The summed E-state index contributed by atoms with van der Waals surface area (Å²) in [5, 5.41) is 10.2. The topological polar surface area (TPSA) is 80.1 Å². The summed E-state index contributed by atoms with van der Waals surface area (Å²) < 4.78 is 5.37. The molecule has 0 atom stereocenters. The fourth-order valence-electron chi connectivity index (χ4n) is 3.12. The molecule has 3 aromatic rings. The van der Waals surface area contributed by atoms with Crippen molar-refractivity contribution >= 4 is 11.6 Å². The lowest BCUT2D eigenvalue weighted by molar-refractivity contribution is -0.115. The van der Waals surface area contributed by atoms with E-state index in [0.29, 0.717) is 11.7 Å². The predicted octanol–water partition coefficient (Wildman–Crippen LogP) is 2.61. The van der Waals surface area contributed by atoms with E-state index in [2.05, 4.69) is 32.9 Å².